The SMILES string of the molecule is O=C(Nc1ccccc1)N[C@H]1CN(c2ccccc2)c2ccccc2CC1=O. The van der Waals surface area contributed by atoms with Crippen molar-refractivity contribution in [3.63, 3.8) is 0 Å². The summed E-state index contributed by atoms with van der Waals surface area (Å²) in [7, 11) is 0. The van der Waals surface area contributed by atoms with Crippen molar-refractivity contribution in [3.8, 4) is 0 Å². The highest BCUT2D eigenvalue weighted by Crippen LogP contribution is 2.31. The molecule has 5 heteroatoms. The number of fused-ring (bicyclic) bond motifs is 1. The van der Waals surface area contributed by atoms with Crippen molar-refractivity contribution in [2.75, 3.05) is 16.8 Å². The van der Waals surface area contributed by atoms with Gasteiger partial charge >= 0.3 is 6.03 Å². The Balaban J connectivity index is 1.59. The molecule has 1 heterocycles. The lowest BCUT2D eigenvalue weighted by Crippen LogP contribution is -2.48. The van der Waals surface area contributed by atoms with E-state index in [1.165, 1.54) is 0 Å². The quantitative estimate of drug-likeness (QED) is 0.727. The minimum absolute atomic E-state index is 0.00547. The van der Waals surface area contributed by atoms with Crippen LogP contribution in [0.3, 0.4) is 0 Å². The summed E-state index contributed by atoms with van der Waals surface area (Å²) in [6, 6.07) is 26.0. The fourth-order valence-corrected chi connectivity index (χ4v) is 3.44. The molecule has 1 aliphatic rings. The molecule has 28 heavy (non-hydrogen) atoms. The van der Waals surface area contributed by atoms with E-state index >= 15 is 0 Å². The number of para-hydroxylation sites is 3. The van der Waals surface area contributed by atoms with E-state index in [2.05, 4.69) is 15.5 Å². The highest BCUT2D eigenvalue weighted by molar-refractivity contribution is 5.97. The topological polar surface area (TPSA) is 61.4 Å². The number of nitrogens with one attached hydrogen (secondary N) is 2. The molecule has 3 aromatic rings. The summed E-state index contributed by atoms with van der Waals surface area (Å²) in [6.45, 7) is 0.377. The number of hydrogen-bond acceptors (Lipinski definition) is 3. The number of urea groups is 1. The predicted octanol–water partition coefficient (Wildman–Crippen LogP) is 4.14. The Morgan fingerprint density at radius 3 is 2.25 bits per heavy atom. The Labute approximate surface area is 164 Å². The van der Waals surface area contributed by atoms with Crippen molar-refractivity contribution < 1.29 is 9.59 Å². The minimum Gasteiger partial charge on any atom is -0.339 e. The summed E-state index contributed by atoms with van der Waals surface area (Å²) in [5.41, 5.74) is 3.63. The molecular formula is C23H21N3O2. The van der Waals surface area contributed by atoms with Crippen LogP contribution in [0.2, 0.25) is 0 Å². The molecular weight excluding hydrogens is 350 g/mol. The van der Waals surface area contributed by atoms with Crippen LogP contribution in [0.25, 0.3) is 0 Å². The van der Waals surface area contributed by atoms with Crippen LogP contribution in [0, 0.1) is 0 Å². The van der Waals surface area contributed by atoms with Crippen LogP contribution < -0.4 is 15.5 Å². The van der Waals surface area contributed by atoms with Crippen molar-refractivity contribution in [3.05, 3.63) is 90.5 Å². The monoisotopic (exact) mass is 371 g/mol. The molecule has 0 saturated heterocycles. The molecule has 4 rings (SSSR count). The van der Waals surface area contributed by atoms with Gasteiger partial charge in [-0.05, 0) is 35.9 Å². The fourth-order valence-electron chi connectivity index (χ4n) is 3.44. The summed E-state index contributed by atoms with van der Waals surface area (Å²) in [6.07, 6.45) is 0.287. The van der Waals surface area contributed by atoms with Crippen molar-refractivity contribution in [2.24, 2.45) is 0 Å². The number of amides is 2. The lowest BCUT2D eigenvalue weighted by molar-refractivity contribution is -0.119. The Kier molecular flexibility index (Phi) is 5.06. The van der Waals surface area contributed by atoms with Gasteiger partial charge in [0, 0.05) is 23.5 Å². The van der Waals surface area contributed by atoms with Gasteiger partial charge in [0.1, 0.15) is 6.04 Å². The van der Waals surface area contributed by atoms with Crippen LogP contribution in [0.1, 0.15) is 5.56 Å². The van der Waals surface area contributed by atoms with Crippen LogP contribution in [-0.2, 0) is 11.2 Å². The molecule has 3 aromatic carbocycles. The number of ketones is 1. The first kappa shape index (κ1) is 17.8. The number of rotatable bonds is 3. The van der Waals surface area contributed by atoms with E-state index < -0.39 is 6.04 Å². The van der Waals surface area contributed by atoms with Crippen molar-refractivity contribution >= 4 is 28.9 Å². The maximum atomic E-state index is 12.9. The molecule has 1 atom stereocenters. The van der Waals surface area contributed by atoms with Crippen molar-refractivity contribution in [1.82, 2.24) is 5.32 Å². The van der Waals surface area contributed by atoms with Gasteiger partial charge in [-0.15, -0.1) is 0 Å². The van der Waals surface area contributed by atoms with Crippen molar-refractivity contribution in [2.45, 2.75) is 12.5 Å². The molecule has 0 bridgehead atoms. The number of benzene rings is 3. The van der Waals surface area contributed by atoms with Gasteiger partial charge < -0.3 is 15.5 Å². The third-order valence-electron chi connectivity index (χ3n) is 4.81. The number of anilines is 3. The first-order valence-corrected chi connectivity index (χ1v) is 9.26. The average Bonchev–Trinajstić information content (AvgIpc) is 2.86. The molecule has 0 aromatic heterocycles. The number of carbonyl (C=O) groups excluding carboxylic acids is 2. The predicted molar refractivity (Wildman–Crippen MR) is 111 cm³/mol. The van der Waals surface area contributed by atoms with E-state index in [0.29, 0.717) is 12.2 Å². The van der Waals surface area contributed by atoms with Crippen LogP contribution in [-0.4, -0.2) is 24.4 Å². The summed E-state index contributed by atoms with van der Waals surface area (Å²) < 4.78 is 0. The Morgan fingerprint density at radius 2 is 1.50 bits per heavy atom. The lowest BCUT2D eigenvalue weighted by Gasteiger charge is -2.27. The molecule has 140 valence electrons. The van der Waals surface area contributed by atoms with Crippen LogP contribution in [0.15, 0.2) is 84.9 Å². The standard InChI is InChI=1S/C23H21N3O2/c27-22-15-17-9-7-8-14-21(17)26(19-12-5-2-6-13-19)16-20(22)25-23(28)24-18-10-3-1-4-11-18/h1-14,20H,15-16H2,(H2,24,25,28)/t20-/m0/s1. The molecule has 0 radical (unpaired) electrons. The first-order chi connectivity index (χ1) is 13.7. The van der Waals surface area contributed by atoms with Gasteiger partial charge in [0.25, 0.3) is 0 Å². The van der Waals surface area contributed by atoms with Gasteiger partial charge in [-0.25, -0.2) is 4.79 Å². The summed E-state index contributed by atoms with van der Waals surface area (Å²) in [5, 5.41) is 5.64. The second kappa shape index (κ2) is 7.96. The summed E-state index contributed by atoms with van der Waals surface area (Å²) in [4.78, 5) is 27.4. The summed E-state index contributed by atoms with van der Waals surface area (Å²) >= 11 is 0. The van der Waals surface area contributed by atoms with Crippen molar-refractivity contribution in [1.29, 1.82) is 0 Å². The van der Waals surface area contributed by atoms with Gasteiger partial charge in [0.15, 0.2) is 5.78 Å². The molecule has 0 fully saturated rings. The zero-order valence-electron chi connectivity index (χ0n) is 15.3. The number of carbonyl (C=O) groups is 2. The lowest BCUT2D eigenvalue weighted by atomic mass is 10.0. The zero-order valence-corrected chi connectivity index (χ0v) is 15.3. The Bertz CT molecular complexity index is 973. The van der Waals surface area contributed by atoms with Gasteiger partial charge in [-0.3, -0.25) is 4.79 Å². The second-order valence-corrected chi connectivity index (χ2v) is 6.74. The zero-order chi connectivity index (χ0) is 19.3. The smallest absolute Gasteiger partial charge is 0.319 e. The third kappa shape index (κ3) is 3.88. The van der Waals surface area contributed by atoms with Gasteiger partial charge in [0.2, 0.25) is 0 Å². The van der Waals surface area contributed by atoms with E-state index in [0.717, 1.165) is 16.9 Å². The largest absolute Gasteiger partial charge is 0.339 e. The molecule has 0 unspecified atom stereocenters. The molecule has 1 aliphatic heterocycles. The van der Waals surface area contributed by atoms with E-state index in [9.17, 15) is 9.59 Å². The normalized spacial score (nSPS) is 16.1. The summed E-state index contributed by atoms with van der Waals surface area (Å²) in [5.74, 6) is -0.00547. The molecule has 2 N–H and O–H groups in total. The maximum Gasteiger partial charge on any atom is 0.319 e. The second-order valence-electron chi connectivity index (χ2n) is 6.74. The number of nitrogens with zero attached hydrogens (tertiary/aromatic N) is 1. The minimum atomic E-state index is -0.615. The Hall–Kier alpha value is -3.60. The molecule has 5 nitrogen and oxygen atoms in total. The molecule has 0 spiro atoms. The highest BCUT2D eigenvalue weighted by atomic mass is 16.2. The first-order valence-electron chi connectivity index (χ1n) is 9.26. The average molecular weight is 371 g/mol. The number of hydrogen-bond donors (Lipinski definition) is 2. The van der Waals surface area contributed by atoms with Crippen LogP contribution in [0.4, 0.5) is 21.9 Å². The van der Waals surface area contributed by atoms with Crippen LogP contribution in [0.5, 0.6) is 0 Å². The number of Topliss-reactive ketones (excluding diaryl/α,β-unsaturated/α-hetero) is 1. The van der Waals surface area contributed by atoms with E-state index in [1.54, 1.807) is 12.1 Å². The van der Waals surface area contributed by atoms with Gasteiger partial charge in [-0.2, -0.15) is 0 Å². The highest BCUT2D eigenvalue weighted by Gasteiger charge is 2.29. The van der Waals surface area contributed by atoms with Gasteiger partial charge in [0.05, 0.1) is 6.54 Å². The van der Waals surface area contributed by atoms with E-state index in [-0.39, 0.29) is 18.2 Å². The molecule has 0 aliphatic carbocycles. The van der Waals surface area contributed by atoms with Crippen LogP contribution >= 0.6 is 0 Å². The molecule has 2 amide bonds. The van der Waals surface area contributed by atoms with E-state index in [1.807, 2.05) is 72.8 Å². The van der Waals surface area contributed by atoms with Gasteiger partial charge in [-0.1, -0.05) is 54.6 Å². The van der Waals surface area contributed by atoms with E-state index in [4.69, 9.17) is 0 Å². The molecule has 0 saturated carbocycles. The third-order valence-corrected chi connectivity index (χ3v) is 4.81. The Morgan fingerprint density at radius 1 is 0.857 bits per heavy atom. The maximum absolute atomic E-state index is 12.9. The fraction of sp³-hybridized carbons (Fsp3) is 0.130.